The van der Waals surface area contributed by atoms with E-state index in [4.69, 9.17) is 21.3 Å². The third-order valence-corrected chi connectivity index (χ3v) is 9.50. The zero-order chi connectivity index (χ0) is 34.5. The second kappa shape index (κ2) is 15.2. The maximum Gasteiger partial charge on any atom is 0.255 e. The number of piperidine rings is 1. The lowest BCUT2D eigenvalue weighted by atomic mass is 9.93. The third kappa shape index (κ3) is 7.92. The Labute approximate surface area is 290 Å². The van der Waals surface area contributed by atoms with Crippen LogP contribution in [0.5, 0.6) is 0 Å². The molecule has 3 heterocycles. The van der Waals surface area contributed by atoms with E-state index in [-0.39, 0.29) is 12.5 Å². The van der Waals surface area contributed by atoms with Crippen LogP contribution in [0.1, 0.15) is 59.2 Å². The molecule has 1 aliphatic rings. The summed E-state index contributed by atoms with van der Waals surface area (Å²) >= 11 is 5.82. The summed E-state index contributed by atoms with van der Waals surface area (Å²) in [4.78, 5) is 24.6. The zero-order valence-electron chi connectivity index (χ0n) is 28.1. The molecule has 0 aliphatic carbocycles. The highest BCUT2D eigenvalue weighted by Gasteiger charge is 2.21. The van der Waals surface area contributed by atoms with Crippen LogP contribution in [0.2, 0.25) is 5.02 Å². The number of aromatic amines is 1. The van der Waals surface area contributed by atoms with Gasteiger partial charge in [-0.2, -0.15) is 5.10 Å². The Morgan fingerprint density at radius 2 is 2.00 bits per heavy atom. The summed E-state index contributed by atoms with van der Waals surface area (Å²) in [5.74, 6) is 1.32. The molecule has 0 saturated carbocycles. The summed E-state index contributed by atoms with van der Waals surface area (Å²) < 4.78 is 21.8. The quantitative estimate of drug-likeness (QED) is 0.0784. The molecular formula is C38H41ClFN7O2. The molecule has 1 fully saturated rings. The van der Waals surface area contributed by atoms with Gasteiger partial charge in [-0.1, -0.05) is 36.7 Å². The second-order valence-electron chi connectivity index (χ2n) is 12.5. The normalized spacial score (nSPS) is 14.7. The molecule has 1 amide bonds. The summed E-state index contributed by atoms with van der Waals surface area (Å²) in [6.45, 7) is 10.4. The first kappa shape index (κ1) is 34.1. The average Bonchev–Trinajstić information content (AvgIpc) is 3.63. The van der Waals surface area contributed by atoms with E-state index in [9.17, 15) is 9.18 Å². The summed E-state index contributed by atoms with van der Waals surface area (Å²) in [7, 11) is 2.03. The van der Waals surface area contributed by atoms with E-state index in [1.165, 1.54) is 6.07 Å². The number of hydrogen-bond acceptors (Lipinski definition) is 6. The molecule has 6 rings (SSSR count). The Morgan fingerprint density at radius 1 is 1.18 bits per heavy atom. The number of nitrogens with zero attached hydrogens (tertiary/aromatic N) is 5. The van der Waals surface area contributed by atoms with Crippen LogP contribution in [-0.2, 0) is 31.4 Å². The van der Waals surface area contributed by atoms with Gasteiger partial charge in [0.1, 0.15) is 18.2 Å². The van der Waals surface area contributed by atoms with Gasteiger partial charge in [-0.15, -0.1) is 0 Å². The van der Waals surface area contributed by atoms with Gasteiger partial charge in [-0.3, -0.25) is 14.8 Å². The number of fused-ring (bicyclic) bond motifs is 2. The highest BCUT2D eigenvalue weighted by Crippen LogP contribution is 2.27. The van der Waals surface area contributed by atoms with Gasteiger partial charge in [0.05, 0.1) is 23.1 Å². The molecule has 2 aromatic heterocycles. The molecule has 0 radical (unpaired) electrons. The molecule has 2 N–H and O–H groups in total. The maximum atomic E-state index is 14.0. The van der Waals surface area contributed by atoms with Crippen molar-refractivity contribution in [2.45, 2.75) is 52.7 Å². The van der Waals surface area contributed by atoms with Gasteiger partial charge in [-0.05, 0) is 112 Å². The summed E-state index contributed by atoms with van der Waals surface area (Å²) in [6, 6.07) is 14.2. The van der Waals surface area contributed by atoms with Crippen LogP contribution >= 0.6 is 11.6 Å². The van der Waals surface area contributed by atoms with E-state index >= 15 is 0 Å². The SMILES string of the molecule is C=N/C(=C\C=C/CC1CCN(Cc2nc3cc(C(=O)Nc4cc(CC)c5n[nH]c(C)c5c4)ccc3n2C)CC1)OCc1ccc(Cl)cc1F. The molecule has 0 unspecified atom stereocenters. The Bertz CT molecular complexity index is 2060. The minimum absolute atomic E-state index is 0.0477. The third-order valence-electron chi connectivity index (χ3n) is 9.27. The van der Waals surface area contributed by atoms with Crippen LogP contribution in [0.15, 0.2) is 77.6 Å². The van der Waals surface area contributed by atoms with E-state index in [2.05, 4.69) is 49.7 Å². The topological polar surface area (TPSA) is 100 Å². The number of ether oxygens (including phenoxy) is 1. The zero-order valence-corrected chi connectivity index (χ0v) is 28.9. The molecule has 3 aromatic carbocycles. The number of nitrogens with one attached hydrogen (secondary N) is 2. The Hall–Kier alpha value is -4.80. The average molecular weight is 682 g/mol. The van der Waals surface area contributed by atoms with Crippen LogP contribution < -0.4 is 5.32 Å². The Balaban J connectivity index is 1.01. The number of likely N-dealkylation sites (tertiary alicyclic amines) is 1. The molecule has 11 heteroatoms. The molecule has 1 aliphatic heterocycles. The molecule has 1 saturated heterocycles. The first-order valence-electron chi connectivity index (χ1n) is 16.6. The highest BCUT2D eigenvalue weighted by atomic mass is 35.5. The van der Waals surface area contributed by atoms with Gasteiger partial charge >= 0.3 is 0 Å². The van der Waals surface area contributed by atoms with Crippen LogP contribution in [-0.4, -0.2) is 50.4 Å². The number of benzene rings is 3. The molecule has 0 spiro atoms. The Kier molecular flexibility index (Phi) is 10.6. The fourth-order valence-corrected chi connectivity index (χ4v) is 6.49. The number of rotatable bonds is 12. The van der Waals surface area contributed by atoms with Crippen molar-refractivity contribution in [1.82, 2.24) is 24.6 Å². The van der Waals surface area contributed by atoms with Gasteiger partial charge in [0.25, 0.3) is 5.91 Å². The van der Waals surface area contributed by atoms with Gasteiger partial charge < -0.3 is 14.6 Å². The first-order chi connectivity index (χ1) is 23.7. The number of aliphatic imine (C=N–C) groups is 1. The van der Waals surface area contributed by atoms with Crippen molar-refractivity contribution >= 4 is 51.8 Å². The van der Waals surface area contributed by atoms with Crippen LogP contribution in [0.25, 0.3) is 21.9 Å². The van der Waals surface area contributed by atoms with Crippen molar-refractivity contribution in [1.29, 1.82) is 0 Å². The molecular weight excluding hydrogens is 641 g/mol. The maximum absolute atomic E-state index is 14.0. The van der Waals surface area contributed by atoms with Crippen LogP contribution in [0.3, 0.4) is 0 Å². The number of anilines is 1. The van der Waals surface area contributed by atoms with Gasteiger partial charge in [0.2, 0.25) is 5.88 Å². The lowest BCUT2D eigenvalue weighted by Crippen LogP contribution is -2.33. The number of amides is 1. The predicted octanol–water partition coefficient (Wildman–Crippen LogP) is 8.28. The number of carbonyl (C=O) groups excluding carboxylic acids is 1. The van der Waals surface area contributed by atoms with Crippen molar-refractivity contribution in [3.63, 3.8) is 0 Å². The smallest absolute Gasteiger partial charge is 0.255 e. The summed E-state index contributed by atoms with van der Waals surface area (Å²) in [5, 5.41) is 11.9. The van der Waals surface area contributed by atoms with E-state index in [1.54, 1.807) is 18.2 Å². The lowest BCUT2D eigenvalue weighted by molar-refractivity contribution is 0.102. The number of H-pyrrole nitrogens is 1. The number of aromatic nitrogens is 4. The highest BCUT2D eigenvalue weighted by molar-refractivity contribution is 6.30. The first-order valence-corrected chi connectivity index (χ1v) is 17.0. The summed E-state index contributed by atoms with van der Waals surface area (Å²) in [5.41, 5.74) is 6.55. The minimum Gasteiger partial charge on any atom is -0.473 e. The van der Waals surface area contributed by atoms with Gasteiger partial charge in [0.15, 0.2) is 0 Å². The lowest BCUT2D eigenvalue weighted by Gasteiger charge is -2.31. The second-order valence-corrected chi connectivity index (χ2v) is 13.0. The van der Waals surface area contributed by atoms with Gasteiger partial charge in [0, 0.05) is 40.0 Å². The van der Waals surface area contributed by atoms with E-state index < -0.39 is 5.82 Å². The van der Waals surface area contributed by atoms with Gasteiger partial charge in [-0.25, -0.2) is 14.4 Å². The molecule has 5 aromatic rings. The fourth-order valence-electron chi connectivity index (χ4n) is 6.33. The van der Waals surface area contributed by atoms with Crippen molar-refractivity contribution in [3.8, 4) is 0 Å². The molecule has 254 valence electrons. The molecule has 49 heavy (non-hydrogen) atoms. The predicted molar refractivity (Wildman–Crippen MR) is 194 cm³/mol. The summed E-state index contributed by atoms with van der Waals surface area (Å²) in [6.07, 6.45) is 9.74. The molecule has 9 nitrogen and oxygen atoms in total. The number of halogens is 2. The molecule has 0 bridgehead atoms. The number of carbonyl (C=O) groups is 1. The van der Waals surface area contributed by atoms with E-state index in [0.29, 0.717) is 28.0 Å². The number of hydrogen-bond donors (Lipinski definition) is 2. The van der Waals surface area contributed by atoms with Crippen LogP contribution in [0.4, 0.5) is 10.1 Å². The number of imidazole rings is 1. The number of allylic oxidation sites excluding steroid dienone is 3. The monoisotopic (exact) mass is 681 g/mol. The standard InChI is InChI=1S/C38H41ClFN7O2/c1-5-26-18-30(21-31-24(2)44-45-37(26)31)42-38(48)27-11-13-34-33(19-27)43-35(46(34)4)22-47-16-14-25(15-17-47)8-6-7-9-36(41-3)49-23-28-10-12-29(39)20-32(28)40/h6-7,9-13,18-21,25H,3,5,8,14-17,22-23H2,1-2,4H3,(H,42,48)(H,44,45)/b7-6-,36-9+. The minimum atomic E-state index is -0.413. The van der Waals surface area contributed by atoms with E-state index in [0.717, 1.165) is 90.0 Å². The van der Waals surface area contributed by atoms with Crippen molar-refractivity contribution < 1.29 is 13.9 Å². The van der Waals surface area contributed by atoms with E-state index in [1.807, 2.05) is 50.4 Å². The Morgan fingerprint density at radius 3 is 2.76 bits per heavy atom. The van der Waals surface area contributed by atoms with Crippen LogP contribution in [0, 0.1) is 18.7 Å². The fraction of sp³-hybridized carbons (Fsp3) is 0.316. The molecule has 0 atom stereocenters. The van der Waals surface area contributed by atoms with Crippen molar-refractivity contribution in [2.24, 2.45) is 18.0 Å². The van der Waals surface area contributed by atoms with Crippen molar-refractivity contribution in [2.75, 3.05) is 18.4 Å². The largest absolute Gasteiger partial charge is 0.473 e. The van der Waals surface area contributed by atoms with Crippen molar-refractivity contribution in [3.05, 3.63) is 112 Å². The number of aryl methyl sites for hydroxylation is 3.